The van der Waals surface area contributed by atoms with Crippen LogP contribution in [0.5, 0.6) is 0 Å². The number of carbonyl (C=O) groups is 2. The van der Waals surface area contributed by atoms with Crippen LogP contribution in [0.1, 0.15) is 36.0 Å². The van der Waals surface area contributed by atoms with Gasteiger partial charge in [0.05, 0.1) is 22.9 Å². The zero-order chi connectivity index (χ0) is 20.4. The van der Waals surface area contributed by atoms with Crippen molar-refractivity contribution < 1.29 is 9.59 Å². The van der Waals surface area contributed by atoms with Crippen molar-refractivity contribution in [2.75, 3.05) is 5.32 Å². The summed E-state index contributed by atoms with van der Waals surface area (Å²) in [6.45, 7) is -0.174. The third-order valence-corrected chi connectivity index (χ3v) is 5.26. The van der Waals surface area contributed by atoms with Crippen LogP contribution >= 0.6 is 0 Å². The van der Waals surface area contributed by atoms with E-state index in [1.165, 1.54) is 22.9 Å². The number of amides is 2. The van der Waals surface area contributed by atoms with Crippen molar-refractivity contribution in [3.05, 3.63) is 58.8 Å². The highest BCUT2D eigenvalue weighted by Gasteiger charge is 2.18. The average Bonchev–Trinajstić information content (AvgIpc) is 3.33. The average molecular weight is 393 g/mol. The van der Waals surface area contributed by atoms with Crippen LogP contribution in [0.4, 0.5) is 5.69 Å². The maximum Gasteiger partial charge on any atom is 0.252 e. The molecule has 3 aromatic rings. The molecule has 1 aliphatic rings. The monoisotopic (exact) mass is 393 g/mol. The van der Waals surface area contributed by atoms with E-state index >= 15 is 0 Å². The second-order valence-corrected chi connectivity index (χ2v) is 7.45. The molecule has 0 spiro atoms. The van der Waals surface area contributed by atoms with Gasteiger partial charge in [-0.05, 0) is 37.1 Å². The fourth-order valence-electron chi connectivity index (χ4n) is 3.69. The number of pyridine rings is 1. The molecular formula is C21H23N5O3. The van der Waals surface area contributed by atoms with Gasteiger partial charge in [-0.2, -0.15) is 0 Å². The molecule has 2 N–H and O–H groups in total. The minimum absolute atomic E-state index is 0.174. The highest BCUT2D eigenvalue weighted by molar-refractivity contribution is 5.95. The Bertz CT molecular complexity index is 1120. The normalized spacial score (nSPS) is 14.2. The Hall–Kier alpha value is -3.42. The molecule has 29 heavy (non-hydrogen) atoms. The molecule has 0 bridgehead atoms. The van der Waals surface area contributed by atoms with Gasteiger partial charge >= 0.3 is 0 Å². The fraction of sp³-hybridized carbons (Fsp3) is 0.333. The summed E-state index contributed by atoms with van der Waals surface area (Å²) in [6, 6.07) is 8.42. The largest absolute Gasteiger partial charge is 0.349 e. The lowest BCUT2D eigenvalue weighted by atomic mass is 10.2. The van der Waals surface area contributed by atoms with Gasteiger partial charge in [0, 0.05) is 31.0 Å². The van der Waals surface area contributed by atoms with Crippen LogP contribution in [-0.4, -0.2) is 32.0 Å². The molecule has 0 aliphatic heterocycles. The first-order chi connectivity index (χ1) is 14.0. The number of carbonyl (C=O) groups excluding carboxylic acids is 2. The smallest absolute Gasteiger partial charge is 0.252 e. The van der Waals surface area contributed by atoms with Crippen molar-refractivity contribution in [1.29, 1.82) is 0 Å². The fourth-order valence-corrected chi connectivity index (χ4v) is 3.69. The Balaban J connectivity index is 1.46. The minimum atomic E-state index is -0.345. The second-order valence-electron chi connectivity index (χ2n) is 7.45. The van der Waals surface area contributed by atoms with Crippen molar-refractivity contribution in [2.45, 2.75) is 38.3 Å². The molecule has 0 saturated heterocycles. The number of hydrogen-bond donors (Lipinski definition) is 2. The summed E-state index contributed by atoms with van der Waals surface area (Å²) < 4.78 is 3.11. The van der Waals surface area contributed by atoms with Gasteiger partial charge < -0.3 is 19.8 Å². The molecule has 2 heterocycles. The number of aromatic nitrogens is 3. The van der Waals surface area contributed by atoms with E-state index in [0.717, 1.165) is 36.7 Å². The molecule has 150 valence electrons. The van der Waals surface area contributed by atoms with E-state index in [1.807, 2.05) is 23.7 Å². The molecular weight excluding hydrogens is 370 g/mol. The van der Waals surface area contributed by atoms with Gasteiger partial charge in [-0.25, -0.2) is 4.98 Å². The number of nitrogens with one attached hydrogen (secondary N) is 2. The van der Waals surface area contributed by atoms with Gasteiger partial charge in [0.15, 0.2) is 0 Å². The molecule has 8 nitrogen and oxygen atoms in total. The number of fused-ring (bicyclic) bond motifs is 1. The first-order valence-corrected chi connectivity index (χ1v) is 9.72. The zero-order valence-electron chi connectivity index (χ0n) is 16.2. The van der Waals surface area contributed by atoms with Crippen molar-refractivity contribution in [3.8, 4) is 0 Å². The maximum absolute atomic E-state index is 12.5. The first-order valence-electron chi connectivity index (χ1n) is 9.72. The van der Waals surface area contributed by atoms with Crippen LogP contribution in [0.15, 0.2) is 47.7 Å². The highest BCUT2D eigenvalue weighted by Crippen LogP contribution is 2.18. The standard InChI is InChI=1S/C21H23N5O3/c1-25-13-22-17-8-7-16(10-18(17)25)23-19(27)12-26-11-14(6-9-20(26)28)21(29)24-15-4-2-3-5-15/h6-11,13,15H,2-5,12H2,1H3,(H,23,27)(H,24,29). The molecule has 1 fully saturated rings. The number of benzene rings is 1. The molecule has 1 saturated carbocycles. The summed E-state index contributed by atoms with van der Waals surface area (Å²) in [5.74, 6) is -0.560. The Morgan fingerprint density at radius 2 is 1.97 bits per heavy atom. The van der Waals surface area contributed by atoms with E-state index in [9.17, 15) is 14.4 Å². The molecule has 2 aromatic heterocycles. The lowest BCUT2D eigenvalue weighted by Gasteiger charge is -2.13. The summed E-state index contributed by atoms with van der Waals surface area (Å²) in [5, 5.41) is 5.79. The number of rotatable bonds is 5. The minimum Gasteiger partial charge on any atom is -0.349 e. The quantitative estimate of drug-likeness (QED) is 0.693. The van der Waals surface area contributed by atoms with Gasteiger partial charge in [-0.15, -0.1) is 0 Å². The topological polar surface area (TPSA) is 98.0 Å². The van der Waals surface area contributed by atoms with Crippen LogP contribution in [0.2, 0.25) is 0 Å². The molecule has 4 rings (SSSR count). The summed E-state index contributed by atoms with van der Waals surface area (Å²) in [5.41, 5.74) is 2.39. The van der Waals surface area contributed by atoms with Crippen LogP contribution < -0.4 is 16.2 Å². The number of imidazole rings is 1. The summed E-state index contributed by atoms with van der Waals surface area (Å²) in [7, 11) is 1.88. The third kappa shape index (κ3) is 4.21. The van der Waals surface area contributed by atoms with Gasteiger partial charge in [-0.3, -0.25) is 14.4 Å². The van der Waals surface area contributed by atoms with Crippen LogP contribution in [0.3, 0.4) is 0 Å². The van der Waals surface area contributed by atoms with Crippen molar-refractivity contribution in [3.63, 3.8) is 0 Å². The predicted octanol–water partition coefficient (Wildman–Crippen LogP) is 2.05. The van der Waals surface area contributed by atoms with E-state index in [0.29, 0.717) is 11.3 Å². The Labute approximate surface area is 167 Å². The van der Waals surface area contributed by atoms with Crippen molar-refractivity contribution >= 4 is 28.5 Å². The van der Waals surface area contributed by atoms with E-state index in [4.69, 9.17) is 0 Å². The predicted molar refractivity (Wildman–Crippen MR) is 110 cm³/mol. The summed E-state index contributed by atoms with van der Waals surface area (Å²) in [4.78, 5) is 41.3. The lowest BCUT2D eigenvalue weighted by Crippen LogP contribution is -2.34. The molecule has 0 radical (unpaired) electrons. The molecule has 1 aliphatic carbocycles. The van der Waals surface area contributed by atoms with E-state index < -0.39 is 0 Å². The maximum atomic E-state index is 12.5. The number of hydrogen-bond acceptors (Lipinski definition) is 4. The second kappa shape index (κ2) is 7.90. The van der Waals surface area contributed by atoms with Gasteiger partial charge in [-0.1, -0.05) is 12.8 Å². The number of nitrogens with zero attached hydrogens (tertiary/aromatic N) is 3. The van der Waals surface area contributed by atoms with Crippen LogP contribution in [0.25, 0.3) is 11.0 Å². The van der Waals surface area contributed by atoms with Crippen LogP contribution in [0, 0.1) is 0 Å². The molecule has 0 unspecified atom stereocenters. The molecule has 2 amide bonds. The van der Waals surface area contributed by atoms with Gasteiger partial charge in [0.2, 0.25) is 5.91 Å². The van der Waals surface area contributed by atoms with E-state index in [1.54, 1.807) is 12.4 Å². The first kappa shape index (κ1) is 18.9. The molecule has 0 atom stereocenters. The lowest BCUT2D eigenvalue weighted by molar-refractivity contribution is -0.116. The third-order valence-electron chi connectivity index (χ3n) is 5.26. The van der Waals surface area contributed by atoms with Crippen LogP contribution in [-0.2, 0) is 18.4 Å². The number of anilines is 1. The van der Waals surface area contributed by atoms with Crippen molar-refractivity contribution in [1.82, 2.24) is 19.4 Å². The Kier molecular flexibility index (Phi) is 5.16. The van der Waals surface area contributed by atoms with E-state index in [2.05, 4.69) is 15.6 Å². The Morgan fingerprint density at radius 1 is 1.17 bits per heavy atom. The summed E-state index contributed by atoms with van der Waals surface area (Å²) >= 11 is 0. The SMILES string of the molecule is Cn1cnc2ccc(NC(=O)Cn3cc(C(=O)NC4CCCC4)ccc3=O)cc21. The summed E-state index contributed by atoms with van der Waals surface area (Å²) in [6.07, 6.45) is 7.35. The Morgan fingerprint density at radius 3 is 2.76 bits per heavy atom. The highest BCUT2D eigenvalue weighted by atomic mass is 16.2. The van der Waals surface area contributed by atoms with Crippen molar-refractivity contribution in [2.24, 2.45) is 7.05 Å². The van der Waals surface area contributed by atoms with Gasteiger partial charge in [0.25, 0.3) is 11.5 Å². The zero-order valence-corrected chi connectivity index (χ0v) is 16.2. The molecule has 8 heteroatoms. The van der Waals surface area contributed by atoms with Gasteiger partial charge in [0.1, 0.15) is 6.54 Å². The molecule has 1 aromatic carbocycles. The van der Waals surface area contributed by atoms with E-state index in [-0.39, 0.29) is 30.0 Å². The number of aryl methyl sites for hydroxylation is 1.